The van der Waals surface area contributed by atoms with Crippen molar-refractivity contribution in [1.29, 1.82) is 0 Å². The zero-order valence-electron chi connectivity index (χ0n) is 13.2. The average Bonchev–Trinajstić information content (AvgIpc) is 2.55. The standard InChI is InChI=1S/C17H26Cl2N2/c1-12(2)8-16-11-21(13(3)6-7-20-16)10-14-4-5-15(18)9-17(14)19/h4-5,9,12-13,16,20H,6-8,10-11H2,1-3H3. The maximum atomic E-state index is 6.33. The topological polar surface area (TPSA) is 15.3 Å². The molecule has 0 aromatic heterocycles. The Hall–Kier alpha value is -0.280. The van der Waals surface area contributed by atoms with Crippen LogP contribution in [-0.2, 0) is 6.54 Å². The fraction of sp³-hybridized carbons (Fsp3) is 0.647. The molecule has 1 aromatic rings. The van der Waals surface area contributed by atoms with Gasteiger partial charge in [0.1, 0.15) is 0 Å². The Morgan fingerprint density at radius 1 is 1.33 bits per heavy atom. The number of nitrogens with zero attached hydrogens (tertiary/aromatic N) is 1. The van der Waals surface area contributed by atoms with Crippen molar-refractivity contribution in [3.05, 3.63) is 33.8 Å². The fourth-order valence-electron chi connectivity index (χ4n) is 3.02. The summed E-state index contributed by atoms with van der Waals surface area (Å²) in [5.74, 6) is 0.719. The zero-order valence-corrected chi connectivity index (χ0v) is 14.7. The van der Waals surface area contributed by atoms with Crippen LogP contribution in [-0.4, -0.2) is 30.1 Å². The van der Waals surface area contributed by atoms with E-state index in [9.17, 15) is 0 Å². The molecule has 0 spiro atoms. The van der Waals surface area contributed by atoms with Gasteiger partial charge in [0.05, 0.1) is 0 Å². The van der Waals surface area contributed by atoms with Crippen LogP contribution >= 0.6 is 23.2 Å². The van der Waals surface area contributed by atoms with Gasteiger partial charge in [0.2, 0.25) is 0 Å². The summed E-state index contributed by atoms with van der Waals surface area (Å²) in [6, 6.07) is 6.95. The van der Waals surface area contributed by atoms with Gasteiger partial charge in [0.15, 0.2) is 0 Å². The summed E-state index contributed by atoms with van der Waals surface area (Å²) in [7, 11) is 0. The molecule has 1 aliphatic heterocycles. The first kappa shape index (κ1) is 17.1. The molecule has 2 atom stereocenters. The van der Waals surface area contributed by atoms with Gasteiger partial charge in [-0.25, -0.2) is 0 Å². The molecule has 0 amide bonds. The van der Waals surface area contributed by atoms with Crippen molar-refractivity contribution in [3.63, 3.8) is 0 Å². The third kappa shape index (κ3) is 5.14. The molecule has 0 saturated carbocycles. The monoisotopic (exact) mass is 328 g/mol. The maximum absolute atomic E-state index is 6.33. The van der Waals surface area contributed by atoms with Crippen LogP contribution in [0.1, 0.15) is 39.2 Å². The Morgan fingerprint density at radius 2 is 2.10 bits per heavy atom. The molecule has 0 radical (unpaired) electrons. The van der Waals surface area contributed by atoms with E-state index < -0.39 is 0 Å². The van der Waals surface area contributed by atoms with Crippen LogP contribution in [0, 0.1) is 5.92 Å². The summed E-state index contributed by atoms with van der Waals surface area (Å²) < 4.78 is 0. The highest BCUT2D eigenvalue weighted by Crippen LogP contribution is 2.24. The lowest BCUT2D eigenvalue weighted by Crippen LogP contribution is -2.40. The van der Waals surface area contributed by atoms with Crippen molar-refractivity contribution in [1.82, 2.24) is 10.2 Å². The quantitative estimate of drug-likeness (QED) is 0.869. The van der Waals surface area contributed by atoms with Gasteiger partial charge in [-0.3, -0.25) is 4.90 Å². The van der Waals surface area contributed by atoms with Crippen molar-refractivity contribution >= 4 is 23.2 Å². The van der Waals surface area contributed by atoms with Crippen LogP contribution in [0.25, 0.3) is 0 Å². The molecule has 1 fully saturated rings. The van der Waals surface area contributed by atoms with E-state index in [0.29, 0.717) is 17.1 Å². The number of nitrogens with one attached hydrogen (secondary N) is 1. The summed E-state index contributed by atoms with van der Waals surface area (Å²) in [5.41, 5.74) is 1.16. The maximum Gasteiger partial charge on any atom is 0.0465 e. The van der Waals surface area contributed by atoms with E-state index in [1.165, 1.54) is 12.8 Å². The number of hydrogen-bond acceptors (Lipinski definition) is 2. The van der Waals surface area contributed by atoms with E-state index in [1.54, 1.807) is 0 Å². The zero-order chi connectivity index (χ0) is 15.4. The molecule has 4 heteroatoms. The van der Waals surface area contributed by atoms with E-state index in [0.717, 1.165) is 36.1 Å². The van der Waals surface area contributed by atoms with Crippen molar-refractivity contribution in [3.8, 4) is 0 Å². The van der Waals surface area contributed by atoms with Crippen molar-refractivity contribution in [2.45, 2.75) is 52.2 Å². The van der Waals surface area contributed by atoms with Crippen LogP contribution in [0.2, 0.25) is 10.0 Å². The van der Waals surface area contributed by atoms with E-state index in [4.69, 9.17) is 23.2 Å². The molecule has 1 N–H and O–H groups in total. The first-order chi connectivity index (χ1) is 9.95. The molecule has 2 nitrogen and oxygen atoms in total. The van der Waals surface area contributed by atoms with Crippen LogP contribution in [0.5, 0.6) is 0 Å². The first-order valence-corrected chi connectivity index (χ1v) is 8.62. The molecule has 0 bridgehead atoms. The van der Waals surface area contributed by atoms with Gasteiger partial charge in [0.25, 0.3) is 0 Å². The second kappa shape index (κ2) is 7.82. The summed E-state index contributed by atoms with van der Waals surface area (Å²) in [6.07, 6.45) is 2.40. The van der Waals surface area contributed by atoms with Gasteiger partial charge in [-0.2, -0.15) is 0 Å². The molecule has 0 aliphatic carbocycles. The molecule has 1 saturated heterocycles. The lowest BCUT2D eigenvalue weighted by Gasteiger charge is -2.30. The Balaban J connectivity index is 2.07. The largest absolute Gasteiger partial charge is 0.313 e. The first-order valence-electron chi connectivity index (χ1n) is 7.87. The molecule has 1 aliphatic rings. The predicted octanol–water partition coefficient (Wildman–Crippen LogP) is 4.59. The third-order valence-corrected chi connectivity index (χ3v) is 4.80. The smallest absolute Gasteiger partial charge is 0.0465 e. The summed E-state index contributed by atoms with van der Waals surface area (Å²) in [4.78, 5) is 2.54. The third-order valence-electron chi connectivity index (χ3n) is 4.22. The Kier molecular flexibility index (Phi) is 6.36. The number of rotatable bonds is 4. The van der Waals surface area contributed by atoms with Crippen LogP contribution in [0.4, 0.5) is 0 Å². The van der Waals surface area contributed by atoms with Gasteiger partial charge in [0, 0.05) is 35.2 Å². The number of benzene rings is 1. The van der Waals surface area contributed by atoms with Crippen LogP contribution < -0.4 is 5.32 Å². The van der Waals surface area contributed by atoms with Crippen LogP contribution in [0.15, 0.2) is 18.2 Å². The molecule has 1 aromatic carbocycles. The second-order valence-corrected chi connectivity index (χ2v) is 7.43. The van der Waals surface area contributed by atoms with E-state index in [2.05, 4.69) is 31.0 Å². The molecule has 2 rings (SSSR count). The van der Waals surface area contributed by atoms with Gasteiger partial charge in [-0.05, 0) is 49.9 Å². The lowest BCUT2D eigenvalue weighted by molar-refractivity contribution is 0.189. The molecule has 1 heterocycles. The summed E-state index contributed by atoms with van der Waals surface area (Å²) in [5, 5.41) is 5.16. The predicted molar refractivity (Wildman–Crippen MR) is 92.2 cm³/mol. The summed E-state index contributed by atoms with van der Waals surface area (Å²) >= 11 is 12.3. The van der Waals surface area contributed by atoms with Gasteiger partial charge in [-0.1, -0.05) is 43.1 Å². The van der Waals surface area contributed by atoms with E-state index in [1.807, 2.05) is 18.2 Å². The SMILES string of the molecule is CC(C)CC1CN(Cc2ccc(Cl)cc2Cl)C(C)CCN1. The van der Waals surface area contributed by atoms with Gasteiger partial charge in [-0.15, -0.1) is 0 Å². The highest BCUT2D eigenvalue weighted by molar-refractivity contribution is 6.35. The van der Waals surface area contributed by atoms with E-state index >= 15 is 0 Å². The van der Waals surface area contributed by atoms with Gasteiger partial charge < -0.3 is 5.32 Å². The highest BCUT2D eigenvalue weighted by atomic mass is 35.5. The fourth-order valence-corrected chi connectivity index (χ4v) is 3.49. The normalized spacial score (nSPS) is 24.3. The van der Waals surface area contributed by atoms with Crippen molar-refractivity contribution < 1.29 is 0 Å². The minimum atomic E-state index is 0.570. The molecule has 118 valence electrons. The lowest BCUT2D eigenvalue weighted by atomic mass is 10.0. The number of halogens is 2. The minimum Gasteiger partial charge on any atom is -0.313 e. The van der Waals surface area contributed by atoms with Crippen molar-refractivity contribution in [2.75, 3.05) is 13.1 Å². The second-order valence-electron chi connectivity index (χ2n) is 6.58. The van der Waals surface area contributed by atoms with Gasteiger partial charge >= 0.3 is 0 Å². The highest BCUT2D eigenvalue weighted by Gasteiger charge is 2.23. The molecular weight excluding hydrogens is 303 g/mol. The van der Waals surface area contributed by atoms with E-state index in [-0.39, 0.29) is 0 Å². The van der Waals surface area contributed by atoms with Crippen molar-refractivity contribution in [2.24, 2.45) is 5.92 Å². The Bertz CT molecular complexity index is 462. The Morgan fingerprint density at radius 3 is 2.76 bits per heavy atom. The molecule has 2 unspecified atom stereocenters. The summed E-state index contributed by atoms with van der Waals surface area (Å²) in [6.45, 7) is 9.96. The molecule has 21 heavy (non-hydrogen) atoms. The Labute approximate surface area is 138 Å². The number of hydrogen-bond donors (Lipinski definition) is 1. The van der Waals surface area contributed by atoms with Crippen LogP contribution in [0.3, 0.4) is 0 Å². The average molecular weight is 329 g/mol. The minimum absolute atomic E-state index is 0.570. The molecular formula is C17H26Cl2N2.